The minimum absolute atomic E-state index is 0.394. The first-order valence-corrected chi connectivity index (χ1v) is 7.68. The molecular formula is C13H23N3S. The Labute approximate surface area is 108 Å². The van der Waals surface area contributed by atoms with Gasteiger partial charge in [0.25, 0.3) is 0 Å². The Morgan fingerprint density at radius 2 is 2.29 bits per heavy atom. The smallest absolute Gasteiger partial charge is 0.126 e. The van der Waals surface area contributed by atoms with E-state index in [0.29, 0.717) is 6.04 Å². The second kappa shape index (κ2) is 6.45. The van der Waals surface area contributed by atoms with E-state index >= 15 is 0 Å². The van der Waals surface area contributed by atoms with Crippen LogP contribution in [-0.2, 0) is 7.05 Å². The number of nitrogens with one attached hydrogen (secondary N) is 1. The minimum Gasteiger partial charge on any atom is -0.337 e. The van der Waals surface area contributed by atoms with Crippen LogP contribution in [0, 0.1) is 0 Å². The van der Waals surface area contributed by atoms with Crippen LogP contribution >= 0.6 is 11.8 Å². The summed E-state index contributed by atoms with van der Waals surface area (Å²) in [7, 11) is 2.08. The molecule has 4 heteroatoms. The van der Waals surface area contributed by atoms with E-state index in [1.165, 1.54) is 25.7 Å². The highest BCUT2D eigenvalue weighted by atomic mass is 32.2. The van der Waals surface area contributed by atoms with E-state index in [9.17, 15) is 0 Å². The molecule has 0 radical (unpaired) electrons. The maximum Gasteiger partial charge on any atom is 0.126 e. The third-order valence-electron chi connectivity index (χ3n) is 3.42. The van der Waals surface area contributed by atoms with Gasteiger partial charge in [0.15, 0.2) is 0 Å². The van der Waals surface area contributed by atoms with Crippen LogP contribution in [0.25, 0.3) is 0 Å². The molecule has 0 aromatic carbocycles. The number of aromatic nitrogens is 2. The van der Waals surface area contributed by atoms with Gasteiger partial charge in [-0.3, -0.25) is 0 Å². The minimum atomic E-state index is 0.394. The summed E-state index contributed by atoms with van der Waals surface area (Å²) in [4.78, 5) is 4.47. The van der Waals surface area contributed by atoms with Gasteiger partial charge < -0.3 is 9.88 Å². The van der Waals surface area contributed by atoms with Gasteiger partial charge in [0, 0.05) is 30.4 Å². The molecule has 1 N–H and O–H groups in total. The first-order chi connectivity index (χ1) is 8.31. The Kier molecular flexibility index (Phi) is 4.92. The molecule has 96 valence electrons. The van der Waals surface area contributed by atoms with Gasteiger partial charge in [-0.05, 0) is 19.4 Å². The third-order valence-corrected chi connectivity index (χ3v) is 4.89. The molecule has 3 nitrogen and oxygen atoms in total. The van der Waals surface area contributed by atoms with Crippen LogP contribution in [-0.4, -0.2) is 27.1 Å². The highest BCUT2D eigenvalue weighted by Crippen LogP contribution is 2.31. The van der Waals surface area contributed by atoms with Crippen LogP contribution in [0.5, 0.6) is 0 Å². The highest BCUT2D eigenvalue weighted by molar-refractivity contribution is 7.99. The maximum absolute atomic E-state index is 4.47. The summed E-state index contributed by atoms with van der Waals surface area (Å²) in [6, 6.07) is 0.394. The van der Waals surface area contributed by atoms with E-state index in [2.05, 4.69) is 40.6 Å². The molecule has 1 fully saturated rings. The number of hydrogen-bond acceptors (Lipinski definition) is 3. The van der Waals surface area contributed by atoms with Gasteiger partial charge in [-0.1, -0.05) is 19.8 Å². The molecule has 0 aliphatic heterocycles. The van der Waals surface area contributed by atoms with E-state index in [-0.39, 0.29) is 0 Å². The zero-order valence-electron chi connectivity index (χ0n) is 10.9. The summed E-state index contributed by atoms with van der Waals surface area (Å²) in [6.07, 6.45) is 9.58. The second-order valence-electron chi connectivity index (χ2n) is 4.75. The number of imidazole rings is 1. The number of nitrogens with zero attached hydrogens (tertiary/aromatic N) is 2. The van der Waals surface area contributed by atoms with Crippen molar-refractivity contribution in [1.29, 1.82) is 0 Å². The molecule has 1 aliphatic rings. The summed E-state index contributed by atoms with van der Waals surface area (Å²) in [5.74, 6) is 2.31. The average molecular weight is 253 g/mol. The van der Waals surface area contributed by atoms with Crippen LogP contribution in [0.3, 0.4) is 0 Å². The van der Waals surface area contributed by atoms with Gasteiger partial charge in [0.2, 0.25) is 0 Å². The average Bonchev–Trinajstić information content (AvgIpc) is 2.95. The molecule has 1 aliphatic carbocycles. The van der Waals surface area contributed by atoms with E-state index < -0.39 is 0 Å². The van der Waals surface area contributed by atoms with Gasteiger partial charge in [0.1, 0.15) is 5.82 Å². The van der Waals surface area contributed by atoms with Crippen LogP contribution in [0.1, 0.15) is 44.5 Å². The molecule has 0 saturated heterocycles. The Balaban J connectivity index is 1.90. The van der Waals surface area contributed by atoms with Crippen molar-refractivity contribution >= 4 is 11.8 Å². The molecule has 1 aromatic heterocycles. The van der Waals surface area contributed by atoms with Crippen LogP contribution < -0.4 is 5.32 Å². The van der Waals surface area contributed by atoms with Gasteiger partial charge >= 0.3 is 0 Å². The molecule has 1 atom stereocenters. The first kappa shape index (κ1) is 13.0. The lowest BCUT2D eigenvalue weighted by Crippen LogP contribution is -2.26. The number of aryl methyl sites for hydroxylation is 1. The predicted molar refractivity (Wildman–Crippen MR) is 74.3 cm³/mol. The van der Waals surface area contributed by atoms with Crippen LogP contribution in [0.2, 0.25) is 0 Å². The lowest BCUT2D eigenvalue weighted by molar-refractivity contribution is 0.554. The molecule has 0 amide bonds. The van der Waals surface area contributed by atoms with Crippen molar-refractivity contribution < 1.29 is 0 Å². The van der Waals surface area contributed by atoms with Gasteiger partial charge in [-0.25, -0.2) is 4.98 Å². The summed E-state index contributed by atoms with van der Waals surface area (Å²) >= 11 is 2.12. The predicted octanol–water partition coefficient (Wildman–Crippen LogP) is 2.75. The zero-order valence-corrected chi connectivity index (χ0v) is 11.7. The lowest BCUT2D eigenvalue weighted by atomic mass is 10.3. The van der Waals surface area contributed by atoms with Crippen molar-refractivity contribution in [3.63, 3.8) is 0 Å². The summed E-state index contributed by atoms with van der Waals surface area (Å²) in [5, 5.41) is 4.43. The van der Waals surface area contributed by atoms with Crippen molar-refractivity contribution in [3.8, 4) is 0 Å². The summed E-state index contributed by atoms with van der Waals surface area (Å²) < 4.78 is 2.13. The van der Waals surface area contributed by atoms with Crippen LogP contribution in [0.15, 0.2) is 12.4 Å². The van der Waals surface area contributed by atoms with E-state index in [4.69, 9.17) is 0 Å². The van der Waals surface area contributed by atoms with Crippen molar-refractivity contribution in [1.82, 2.24) is 14.9 Å². The standard InChI is InChI=1S/C13H23N3S/c1-3-14-12(13-15-8-9-16(13)2)10-17-11-6-4-5-7-11/h8-9,11-12,14H,3-7,10H2,1-2H3. The Morgan fingerprint density at radius 3 is 2.88 bits per heavy atom. The molecule has 1 unspecified atom stereocenters. The van der Waals surface area contributed by atoms with Gasteiger partial charge in [0.05, 0.1) is 6.04 Å². The summed E-state index contributed by atoms with van der Waals surface area (Å²) in [5.41, 5.74) is 0. The van der Waals surface area contributed by atoms with Crippen LogP contribution in [0.4, 0.5) is 0 Å². The fourth-order valence-corrected chi connectivity index (χ4v) is 3.87. The number of thioether (sulfide) groups is 1. The molecule has 1 heterocycles. The fourth-order valence-electron chi connectivity index (χ4n) is 2.47. The molecule has 1 saturated carbocycles. The molecule has 1 aromatic rings. The number of rotatable bonds is 6. The quantitative estimate of drug-likeness (QED) is 0.845. The Morgan fingerprint density at radius 1 is 1.53 bits per heavy atom. The van der Waals surface area contributed by atoms with E-state index in [0.717, 1.165) is 23.4 Å². The largest absolute Gasteiger partial charge is 0.337 e. The zero-order chi connectivity index (χ0) is 12.1. The SMILES string of the molecule is CCNC(CSC1CCCC1)c1nccn1C. The van der Waals surface area contributed by atoms with E-state index in [1.807, 2.05) is 12.4 Å². The van der Waals surface area contributed by atoms with Crippen molar-refractivity contribution in [2.24, 2.45) is 7.05 Å². The van der Waals surface area contributed by atoms with Gasteiger partial charge in [-0.15, -0.1) is 0 Å². The molecule has 2 rings (SSSR count). The lowest BCUT2D eigenvalue weighted by Gasteiger charge is -2.19. The number of hydrogen-bond donors (Lipinski definition) is 1. The second-order valence-corrected chi connectivity index (χ2v) is 6.08. The monoisotopic (exact) mass is 253 g/mol. The molecular weight excluding hydrogens is 230 g/mol. The van der Waals surface area contributed by atoms with Gasteiger partial charge in [-0.2, -0.15) is 11.8 Å². The summed E-state index contributed by atoms with van der Waals surface area (Å²) in [6.45, 7) is 3.17. The first-order valence-electron chi connectivity index (χ1n) is 6.63. The van der Waals surface area contributed by atoms with Crippen molar-refractivity contribution in [2.45, 2.75) is 43.9 Å². The van der Waals surface area contributed by atoms with Crippen molar-refractivity contribution in [2.75, 3.05) is 12.3 Å². The topological polar surface area (TPSA) is 29.9 Å². The fraction of sp³-hybridized carbons (Fsp3) is 0.769. The Bertz CT molecular complexity index is 331. The highest BCUT2D eigenvalue weighted by Gasteiger charge is 2.20. The maximum atomic E-state index is 4.47. The molecule has 0 spiro atoms. The normalized spacial score (nSPS) is 18.7. The van der Waals surface area contributed by atoms with E-state index in [1.54, 1.807) is 0 Å². The third kappa shape index (κ3) is 3.49. The molecule has 17 heavy (non-hydrogen) atoms. The Hall–Kier alpha value is -0.480. The van der Waals surface area contributed by atoms with Crippen molar-refractivity contribution in [3.05, 3.63) is 18.2 Å². The molecule has 0 bridgehead atoms.